The van der Waals surface area contributed by atoms with Gasteiger partial charge in [0, 0.05) is 16.6 Å². The fourth-order valence-electron chi connectivity index (χ4n) is 4.20. The summed E-state index contributed by atoms with van der Waals surface area (Å²) in [4.78, 5) is 28.1. The van der Waals surface area contributed by atoms with Gasteiger partial charge >= 0.3 is 0 Å². The number of nitrogens with one attached hydrogen (secondary N) is 2. The predicted molar refractivity (Wildman–Crippen MR) is 115 cm³/mol. The van der Waals surface area contributed by atoms with Crippen molar-refractivity contribution in [3.05, 3.63) is 70.0 Å². The molecule has 5 nitrogen and oxygen atoms in total. The third-order valence-electron chi connectivity index (χ3n) is 5.61. The van der Waals surface area contributed by atoms with Crippen molar-refractivity contribution < 1.29 is 9.90 Å². The lowest BCUT2D eigenvalue weighted by Crippen LogP contribution is -2.28. The van der Waals surface area contributed by atoms with Gasteiger partial charge in [-0.05, 0) is 47.4 Å². The monoisotopic (exact) mass is 390 g/mol. The minimum absolute atomic E-state index is 0.0739. The van der Waals surface area contributed by atoms with Crippen LogP contribution < -0.4 is 10.9 Å². The molecule has 1 aliphatic rings. The Balaban J connectivity index is 1.75. The Kier molecular flexibility index (Phi) is 5.24. The first-order chi connectivity index (χ1) is 14.0. The van der Waals surface area contributed by atoms with E-state index in [9.17, 15) is 14.7 Å². The molecule has 29 heavy (non-hydrogen) atoms. The molecule has 0 bridgehead atoms. The standard InChI is InChI=1S/C24H26N2O3/c1-14(2)9-15-5-3-4-6-19(15)22-11-17-8-7-16(10-20(17)24(29)26-22)21-12-18(13-27)25-23(21)28/h3-8,10-11,14,18,21,27H,9,12-13H2,1-2H3,(H,25,28)(H,26,29)/t18?,21-/m1/s1. The lowest BCUT2D eigenvalue weighted by molar-refractivity contribution is -0.120. The first kappa shape index (κ1) is 19.4. The van der Waals surface area contributed by atoms with Crippen molar-refractivity contribution in [2.24, 2.45) is 5.92 Å². The lowest BCUT2D eigenvalue weighted by Gasteiger charge is -2.13. The Labute approximate surface area is 169 Å². The van der Waals surface area contributed by atoms with Crippen molar-refractivity contribution >= 4 is 16.7 Å². The number of hydrogen-bond acceptors (Lipinski definition) is 3. The number of carbonyl (C=O) groups excluding carboxylic acids is 1. The Morgan fingerprint density at radius 1 is 1.10 bits per heavy atom. The largest absolute Gasteiger partial charge is 0.394 e. The molecule has 1 aliphatic heterocycles. The van der Waals surface area contributed by atoms with Gasteiger partial charge in [0.1, 0.15) is 0 Å². The second kappa shape index (κ2) is 7.84. The third-order valence-corrected chi connectivity index (χ3v) is 5.61. The topological polar surface area (TPSA) is 82.2 Å². The van der Waals surface area contributed by atoms with Gasteiger partial charge in [-0.15, -0.1) is 0 Å². The van der Waals surface area contributed by atoms with Gasteiger partial charge in [-0.1, -0.05) is 50.2 Å². The summed E-state index contributed by atoms with van der Waals surface area (Å²) in [6.07, 6.45) is 1.48. The number of aromatic amines is 1. The fourth-order valence-corrected chi connectivity index (χ4v) is 4.20. The number of hydrogen-bond donors (Lipinski definition) is 3. The molecule has 1 unspecified atom stereocenters. The number of pyridine rings is 1. The molecule has 1 fully saturated rings. The minimum atomic E-state index is -0.331. The highest BCUT2D eigenvalue weighted by Crippen LogP contribution is 2.30. The summed E-state index contributed by atoms with van der Waals surface area (Å²) in [5, 5.41) is 13.5. The molecule has 0 radical (unpaired) electrons. The quantitative estimate of drug-likeness (QED) is 0.625. The van der Waals surface area contributed by atoms with E-state index in [1.807, 2.05) is 42.5 Å². The van der Waals surface area contributed by atoms with E-state index in [1.165, 1.54) is 5.56 Å². The summed E-state index contributed by atoms with van der Waals surface area (Å²) in [5.41, 5.74) is 3.72. The Hall–Kier alpha value is -2.92. The van der Waals surface area contributed by atoms with Crippen LogP contribution in [0.5, 0.6) is 0 Å². The van der Waals surface area contributed by atoms with E-state index >= 15 is 0 Å². The van der Waals surface area contributed by atoms with Crippen LogP contribution in [0.25, 0.3) is 22.0 Å². The van der Waals surface area contributed by atoms with E-state index in [-0.39, 0.29) is 30.0 Å². The average molecular weight is 390 g/mol. The molecule has 2 atom stereocenters. The van der Waals surface area contributed by atoms with E-state index in [4.69, 9.17) is 0 Å². The molecule has 5 heteroatoms. The summed E-state index contributed by atoms with van der Waals surface area (Å²) < 4.78 is 0. The van der Waals surface area contributed by atoms with Crippen LogP contribution in [0.1, 0.15) is 37.3 Å². The molecule has 3 N–H and O–H groups in total. The SMILES string of the molecule is CC(C)Cc1ccccc1-c1cc2ccc([C@H]3CC(CO)NC3=O)cc2c(=O)[nH]1. The first-order valence-corrected chi connectivity index (χ1v) is 10.1. The number of benzene rings is 2. The first-order valence-electron chi connectivity index (χ1n) is 10.1. The van der Waals surface area contributed by atoms with Gasteiger partial charge in [-0.2, -0.15) is 0 Å². The second-order valence-electron chi connectivity index (χ2n) is 8.29. The zero-order valence-electron chi connectivity index (χ0n) is 16.7. The van der Waals surface area contributed by atoms with Gasteiger partial charge in [-0.25, -0.2) is 0 Å². The van der Waals surface area contributed by atoms with E-state index in [2.05, 4.69) is 30.2 Å². The highest BCUT2D eigenvalue weighted by Gasteiger charge is 2.32. The molecule has 1 saturated heterocycles. The molecule has 0 saturated carbocycles. The van der Waals surface area contributed by atoms with Crippen LogP contribution in [-0.2, 0) is 11.2 Å². The molecular weight excluding hydrogens is 364 g/mol. The number of fused-ring (bicyclic) bond motifs is 1. The van der Waals surface area contributed by atoms with E-state index in [0.717, 1.165) is 28.6 Å². The Morgan fingerprint density at radius 3 is 2.62 bits per heavy atom. The summed E-state index contributed by atoms with van der Waals surface area (Å²) in [5.74, 6) is 0.0904. The maximum absolute atomic E-state index is 12.9. The van der Waals surface area contributed by atoms with Crippen molar-refractivity contribution in [1.82, 2.24) is 10.3 Å². The number of aliphatic hydroxyl groups is 1. The van der Waals surface area contributed by atoms with Crippen molar-refractivity contribution in [2.45, 2.75) is 38.6 Å². The number of aliphatic hydroxyl groups excluding tert-OH is 1. The van der Waals surface area contributed by atoms with Gasteiger partial charge in [-0.3, -0.25) is 9.59 Å². The molecule has 3 aromatic rings. The van der Waals surface area contributed by atoms with Gasteiger partial charge in [0.2, 0.25) is 5.91 Å². The molecule has 4 rings (SSSR count). The second-order valence-corrected chi connectivity index (χ2v) is 8.29. The van der Waals surface area contributed by atoms with Gasteiger partial charge in [0.25, 0.3) is 5.56 Å². The average Bonchev–Trinajstić information content (AvgIpc) is 3.08. The molecule has 150 valence electrons. The summed E-state index contributed by atoms with van der Waals surface area (Å²) >= 11 is 0. The van der Waals surface area contributed by atoms with Gasteiger partial charge in [0.15, 0.2) is 0 Å². The zero-order valence-corrected chi connectivity index (χ0v) is 16.7. The van der Waals surface area contributed by atoms with Crippen LogP contribution in [0.2, 0.25) is 0 Å². The van der Waals surface area contributed by atoms with Crippen LogP contribution in [0.15, 0.2) is 53.3 Å². The van der Waals surface area contributed by atoms with Gasteiger partial charge in [0.05, 0.1) is 18.6 Å². The van der Waals surface area contributed by atoms with E-state index in [1.54, 1.807) is 0 Å². The third kappa shape index (κ3) is 3.83. The normalized spacial score (nSPS) is 19.1. The van der Waals surface area contributed by atoms with Crippen LogP contribution in [0, 0.1) is 5.92 Å². The van der Waals surface area contributed by atoms with Gasteiger partial charge < -0.3 is 15.4 Å². The van der Waals surface area contributed by atoms with Crippen molar-refractivity contribution in [1.29, 1.82) is 0 Å². The zero-order chi connectivity index (χ0) is 20.5. The molecular formula is C24H26N2O3. The smallest absolute Gasteiger partial charge is 0.256 e. The van der Waals surface area contributed by atoms with Crippen molar-refractivity contribution in [3.8, 4) is 11.3 Å². The molecule has 0 spiro atoms. The summed E-state index contributed by atoms with van der Waals surface area (Å²) in [7, 11) is 0. The maximum atomic E-state index is 12.9. The number of aromatic nitrogens is 1. The van der Waals surface area contributed by atoms with E-state index in [0.29, 0.717) is 17.7 Å². The number of carbonyl (C=O) groups is 1. The summed E-state index contributed by atoms with van der Waals surface area (Å²) in [6.45, 7) is 4.29. The van der Waals surface area contributed by atoms with Crippen molar-refractivity contribution in [3.63, 3.8) is 0 Å². The molecule has 1 aromatic heterocycles. The highest BCUT2D eigenvalue weighted by atomic mass is 16.3. The number of H-pyrrole nitrogens is 1. The molecule has 0 aliphatic carbocycles. The maximum Gasteiger partial charge on any atom is 0.256 e. The Morgan fingerprint density at radius 2 is 1.90 bits per heavy atom. The number of rotatable bonds is 5. The molecule has 2 aromatic carbocycles. The Bertz CT molecular complexity index is 1120. The van der Waals surface area contributed by atoms with Crippen LogP contribution in [-0.4, -0.2) is 28.6 Å². The van der Waals surface area contributed by atoms with Crippen LogP contribution >= 0.6 is 0 Å². The highest BCUT2D eigenvalue weighted by molar-refractivity contribution is 5.90. The van der Waals surface area contributed by atoms with Crippen LogP contribution in [0.3, 0.4) is 0 Å². The van der Waals surface area contributed by atoms with Crippen molar-refractivity contribution in [2.75, 3.05) is 6.61 Å². The number of amides is 1. The van der Waals surface area contributed by atoms with Crippen LogP contribution in [0.4, 0.5) is 0 Å². The fraction of sp³-hybridized carbons (Fsp3) is 0.333. The molecule has 2 heterocycles. The van der Waals surface area contributed by atoms with E-state index < -0.39 is 0 Å². The summed E-state index contributed by atoms with van der Waals surface area (Å²) in [6, 6.07) is 15.6. The molecule has 1 amide bonds. The lowest BCUT2D eigenvalue weighted by atomic mass is 9.93. The predicted octanol–water partition coefficient (Wildman–Crippen LogP) is 3.36. The minimum Gasteiger partial charge on any atom is -0.394 e.